The highest BCUT2D eigenvalue weighted by molar-refractivity contribution is 5.27. The first-order valence-electron chi connectivity index (χ1n) is 6.09. The molecule has 1 aromatic heterocycles. The standard InChI is InChI=1S/C12H18N4/c1-9-6-13-12(14-7-9)15-11-8-16-4-2-10(11)3-5-16/h6-7,10-11H,2-5,8H2,1H3,(H,13,14,15). The Hall–Kier alpha value is -1.16. The zero-order chi connectivity index (χ0) is 11.0. The number of nitrogens with zero attached hydrogens (tertiary/aromatic N) is 3. The van der Waals surface area contributed by atoms with Crippen molar-refractivity contribution >= 4 is 5.95 Å². The summed E-state index contributed by atoms with van der Waals surface area (Å²) in [5.41, 5.74) is 1.11. The molecule has 0 radical (unpaired) electrons. The van der Waals surface area contributed by atoms with E-state index in [0.717, 1.165) is 24.0 Å². The molecule has 1 N–H and O–H groups in total. The quantitative estimate of drug-likeness (QED) is 0.812. The van der Waals surface area contributed by atoms with Crippen molar-refractivity contribution < 1.29 is 0 Å². The van der Waals surface area contributed by atoms with Gasteiger partial charge in [-0.3, -0.25) is 0 Å². The molecule has 3 saturated heterocycles. The van der Waals surface area contributed by atoms with Gasteiger partial charge in [0.2, 0.25) is 5.95 Å². The van der Waals surface area contributed by atoms with E-state index in [1.807, 2.05) is 19.3 Å². The highest BCUT2D eigenvalue weighted by Crippen LogP contribution is 2.28. The fraction of sp³-hybridized carbons (Fsp3) is 0.667. The van der Waals surface area contributed by atoms with Crippen LogP contribution in [-0.4, -0.2) is 40.5 Å². The second kappa shape index (κ2) is 4.01. The van der Waals surface area contributed by atoms with Gasteiger partial charge in [0.15, 0.2) is 0 Å². The second-order valence-electron chi connectivity index (χ2n) is 4.97. The zero-order valence-corrected chi connectivity index (χ0v) is 9.69. The lowest BCUT2D eigenvalue weighted by Gasteiger charge is -2.44. The van der Waals surface area contributed by atoms with Crippen molar-refractivity contribution in [3.63, 3.8) is 0 Å². The molecule has 16 heavy (non-hydrogen) atoms. The van der Waals surface area contributed by atoms with Crippen LogP contribution in [0.25, 0.3) is 0 Å². The van der Waals surface area contributed by atoms with Gasteiger partial charge < -0.3 is 10.2 Å². The van der Waals surface area contributed by atoms with Gasteiger partial charge in [-0.25, -0.2) is 9.97 Å². The van der Waals surface area contributed by atoms with Crippen molar-refractivity contribution in [2.75, 3.05) is 25.0 Å². The third-order valence-corrected chi connectivity index (χ3v) is 3.75. The van der Waals surface area contributed by atoms with E-state index in [-0.39, 0.29) is 0 Å². The van der Waals surface area contributed by atoms with Crippen molar-refractivity contribution in [1.82, 2.24) is 14.9 Å². The lowest BCUT2D eigenvalue weighted by atomic mass is 9.84. The molecule has 0 saturated carbocycles. The van der Waals surface area contributed by atoms with Crippen molar-refractivity contribution in [2.24, 2.45) is 5.92 Å². The van der Waals surface area contributed by atoms with E-state index in [0.29, 0.717) is 6.04 Å². The second-order valence-corrected chi connectivity index (χ2v) is 4.97. The Morgan fingerprint density at radius 1 is 1.25 bits per heavy atom. The van der Waals surface area contributed by atoms with Crippen molar-refractivity contribution in [3.05, 3.63) is 18.0 Å². The number of hydrogen-bond donors (Lipinski definition) is 1. The molecule has 2 bridgehead atoms. The molecule has 3 aliphatic heterocycles. The minimum absolute atomic E-state index is 0.546. The molecule has 86 valence electrons. The van der Waals surface area contributed by atoms with Crippen LogP contribution in [0, 0.1) is 12.8 Å². The van der Waals surface area contributed by atoms with E-state index in [1.54, 1.807) is 0 Å². The van der Waals surface area contributed by atoms with Crippen LogP contribution in [0.15, 0.2) is 12.4 Å². The minimum atomic E-state index is 0.546. The largest absolute Gasteiger partial charge is 0.350 e. The molecular formula is C12H18N4. The molecule has 1 aromatic rings. The summed E-state index contributed by atoms with van der Waals surface area (Å²) in [5.74, 6) is 1.60. The molecule has 0 aliphatic carbocycles. The molecule has 4 heteroatoms. The Labute approximate surface area is 96.1 Å². The lowest BCUT2D eigenvalue weighted by molar-refractivity contribution is 0.0972. The maximum absolute atomic E-state index is 4.32. The number of hydrogen-bond acceptors (Lipinski definition) is 4. The van der Waals surface area contributed by atoms with Crippen molar-refractivity contribution in [1.29, 1.82) is 0 Å². The monoisotopic (exact) mass is 218 g/mol. The predicted octanol–water partition coefficient (Wildman–Crippen LogP) is 1.29. The van der Waals surface area contributed by atoms with Crippen LogP contribution in [0.2, 0.25) is 0 Å². The Bertz CT molecular complexity index is 354. The summed E-state index contributed by atoms with van der Waals surface area (Å²) in [6, 6.07) is 0.546. The molecule has 0 aromatic carbocycles. The number of piperidine rings is 3. The summed E-state index contributed by atoms with van der Waals surface area (Å²) in [4.78, 5) is 11.2. The average molecular weight is 218 g/mol. The van der Waals surface area contributed by atoms with Gasteiger partial charge in [0, 0.05) is 25.0 Å². The van der Waals surface area contributed by atoms with Crippen LogP contribution >= 0.6 is 0 Å². The van der Waals surface area contributed by atoms with Crippen molar-refractivity contribution in [2.45, 2.75) is 25.8 Å². The first-order valence-corrected chi connectivity index (χ1v) is 6.09. The average Bonchev–Trinajstić information content (AvgIpc) is 2.34. The van der Waals surface area contributed by atoms with E-state index in [1.165, 1.54) is 25.9 Å². The van der Waals surface area contributed by atoms with Gasteiger partial charge in [0.1, 0.15) is 0 Å². The fourth-order valence-electron chi connectivity index (χ4n) is 2.76. The maximum Gasteiger partial charge on any atom is 0.222 e. The van der Waals surface area contributed by atoms with Crippen LogP contribution in [-0.2, 0) is 0 Å². The number of fused-ring (bicyclic) bond motifs is 3. The number of rotatable bonds is 2. The first-order chi connectivity index (χ1) is 7.81. The molecule has 4 rings (SSSR count). The number of aromatic nitrogens is 2. The van der Waals surface area contributed by atoms with Gasteiger partial charge >= 0.3 is 0 Å². The van der Waals surface area contributed by atoms with Crippen molar-refractivity contribution in [3.8, 4) is 0 Å². The third kappa shape index (κ3) is 1.89. The molecule has 4 heterocycles. The van der Waals surface area contributed by atoms with E-state index >= 15 is 0 Å². The van der Waals surface area contributed by atoms with Crippen LogP contribution in [0.4, 0.5) is 5.95 Å². The lowest BCUT2D eigenvalue weighted by Crippen LogP contribution is -2.53. The van der Waals surface area contributed by atoms with Gasteiger partial charge in [0.25, 0.3) is 0 Å². The van der Waals surface area contributed by atoms with E-state index in [4.69, 9.17) is 0 Å². The van der Waals surface area contributed by atoms with E-state index in [9.17, 15) is 0 Å². The zero-order valence-electron chi connectivity index (χ0n) is 9.69. The van der Waals surface area contributed by atoms with Gasteiger partial charge in [-0.05, 0) is 44.3 Å². The molecular weight excluding hydrogens is 200 g/mol. The van der Waals surface area contributed by atoms with Crippen LogP contribution in [0.3, 0.4) is 0 Å². The van der Waals surface area contributed by atoms with Gasteiger partial charge in [-0.1, -0.05) is 0 Å². The normalized spacial score (nSPS) is 32.7. The first kappa shape index (κ1) is 10.0. The van der Waals surface area contributed by atoms with Gasteiger partial charge in [0.05, 0.1) is 0 Å². The highest BCUT2D eigenvalue weighted by Gasteiger charge is 2.34. The molecule has 0 spiro atoms. The van der Waals surface area contributed by atoms with E-state index < -0.39 is 0 Å². The predicted molar refractivity (Wildman–Crippen MR) is 63.3 cm³/mol. The summed E-state index contributed by atoms with van der Waals surface area (Å²) >= 11 is 0. The topological polar surface area (TPSA) is 41.1 Å². The smallest absolute Gasteiger partial charge is 0.222 e. The molecule has 4 nitrogen and oxygen atoms in total. The molecule has 3 fully saturated rings. The van der Waals surface area contributed by atoms with Crippen LogP contribution in [0.1, 0.15) is 18.4 Å². The minimum Gasteiger partial charge on any atom is -0.350 e. The van der Waals surface area contributed by atoms with Gasteiger partial charge in [-0.15, -0.1) is 0 Å². The summed E-state index contributed by atoms with van der Waals surface area (Å²) in [7, 11) is 0. The summed E-state index contributed by atoms with van der Waals surface area (Å²) in [6.07, 6.45) is 6.39. The summed E-state index contributed by atoms with van der Waals surface area (Å²) < 4.78 is 0. The summed E-state index contributed by atoms with van der Waals surface area (Å²) in [6.45, 7) is 5.72. The summed E-state index contributed by atoms with van der Waals surface area (Å²) in [5, 5.41) is 3.48. The SMILES string of the molecule is Cc1cnc(NC2CN3CCC2CC3)nc1. The Balaban J connectivity index is 1.68. The molecule has 1 unspecified atom stereocenters. The molecule has 0 amide bonds. The Morgan fingerprint density at radius 3 is 2.50 bits per heavy atom. The highest BCUT2D eigenvalue weighted by atomic mass is 15.2. The maximum atomic E-state index is 4.32. The third-order valence-electron chi connectivity index (χ3n) is 3.75. The van der Waals surface area contributed by atoms with Crippen LogP contribution in [0.5, 0.6) is 0 Å². The van der Waals surface area contributed by atoms with Gasteiger partial charge in [-0.2, -0.15) is 0 Å². The fourth-order valence-corrected chi connectivity index (χ4v) is 2.76. The number of anilines is 1. The Morgan fingerprint density at radius 2 is 1.94 bits per heavy atom. The number of nitrogens with one attached hydrogen (secondary N) is 1. The Kier molecular flexibility index (Phi) is 2.52. The molecule has 1 atom stereocenters. The molecule has 3 aliphatic rings. The van der Waals surface area contributed by atoms with E-state index in [2.05, 4.69) is 20.2 Å². The van der Waals surface area contributed by atoms with Crippen LogP contribution < -0.4 is 5.32 Å². The number of aryl methyl sites for hydroxylation is 1.